The van der Waals surface area contributed by atoms with Gasteiger partial charge in [-0.15, -0.1) is 0 Å². The first-order valence-electron chi connectivity index (χ1n) is 29.3. The molecule has 0 saturated carbocycles. The molecule has 9 atom stereocenters. The van der Waals surface area contributed by atoms with Crippen LogP contribution in [0.2, 0.25) is 0 Å². The van der Waals surface area contributed by atoms with Crippen LogP contribution < -0.4 is 34.1 Å². The number of hydrogen-bond acceptors (Lipinski definition) is 15. The number of alkyl halides is 9. The highest BCUT2D eigenvalue weighted by Crippen LogP contribution is 2.45. The number of pyridine rings is 4. The van der Waals surface area contributed by atoms with E-state index >= 15 is 39.9 Å². The molecule has 2 aliphatic carbocycles. The summed E-state index contributed by atoms with van der Waals surface area (Å²) in [7, 11) is 3.17. The summed E-state index contributed by atoms with van der Waals surface area (Å²) in [6.45, 7) is 0.624. The Balaban J connectivity index is 0.921. The topological polar surface area (TPSA) is 264 Å². The predicted molar refractivity (Wildman–Crippen MR) is 313 cm³/mol. The Morgan fingerprint density at radius 3 is 1.80 bits per heavy atom. The van der Waals surface area contributed by atoms with Gasteiger partial charge in [0.05, 0.1) is 46.2 Å². The fourth-order valence-corrected chi connectivity index (χ4v) is 12.5. The molecule has 5 aliphatic rings. The van der Waals surface area contributed by atoms with E-state index < -0.39 is 184 Å². The van der Waals surface area contributed by atoms with E-state index in [0.29, 0.717) is 80.8 Å². The summed E-state index contributed by atoms with van der Waals surface area (Å²) in [4.78, 5) is 102. The molecule has 0 spiro atoms. The molecule has 3 aliphatic heterocycles. The Kier molecular flexibility index (Phi) is 16.5. The molecule has 22 nitrogen and oxygen atoms in total. The predicted octanol–water partition coefficient (Wildman–Crippen LogP) is 5.88. The lowest BCUT2D eigenvalue weighted by Crippen LogP contribution is -2.51. The summed E-state index contributed by atoms with van der Waals surface area (Å²) in [5, 5.41) is 45.8. The number of ether oxygens (including phenoxy) is 2. The number of halogens is 11. The van der Waals surface area contributed by atoms with Crippen molar-refractivity contribution in [2.75, 3.05) is 50.5 Å². The number of carbonyl (C=O) groups is 6. The van der Waals surface area contributed by atoms with Crippen molar-refractivity contribution in [3.8, 4) is 5.75 Å². The minimum absolute atomic E-state index is 0.0929. The number of fused-ring (bicyclic) bond motifs is 3. The van der Waals surface area contributed by atoms with E-state index in [9.17, 15) is 57.6 Å². The number of likely N-dealkylation sites (N-methyl/N-ethyl adjacent to an activating group) is 3. The third-order valence-electron chi connectivity index (χ3n) is 17.8. The van der Waals surface area contributed by atoms with Gasteiger partial charge in [0, 0.05) is 44.7 Å². The van der Waals surface area contributed by atoms with Crippen LogP contribution in [0, 0.1) is 25.5 Å². The van der Waals surface area contributed by atoms with Crippen LogP contribution in [0.25, 0.3) is 5.52 Å². The number of aryl methyl sites for hydroxylation is 5. The first-order chi connectivity index (χ1) is 45.0. The Morgan fingerprint density at radius 2 is 1.17 bits per heavy atom. The summed E-state index contributed by atoms with van der Waals surface area (Å²) >= 11 is 0. The highest BCUT2D eigenvalue weighted by atomic mass is 19.4. The van der Waals surface area contributed by atoms with E-state index in [0.717, 1.165) is 38.9 Å². The standard InChI is InChI=1S/C63H53F11N10O12/c1-26-17-31(61(66,67)68)21-41(75-26)84-47(57(91)78(3)35-13-12-34-7-6-16-81(34)24-35)53(51(88)59(84)93)95-25-33-20-32(62(69,70)71)22-42(77-33)83-46(56(90)80(5)40-19-30-9-8-29(30)18-38(40)64)49(86)54(60(83)94)96-52-27(2)76-43(23-37(52)63(72,73)74)82-45(48(85)50(87)58(82)92)55(89)79(4)39-15-11-28-10-14-36(28)44(39)65/h6-7,11-13,15-24,45-51,53-54,85-88H,8-10,14,25H2,1-5H3. The molecule has 96 heavy (non-hydrogen) atoms. The van der Waals surface area contributed by atoms with Crippen LogP contribution in [0.15, 0.2) is 91.3 Å². The van der Waals surface area contributed by atoms with Crippen molar-refractivity contribution in [3.63, 3.8) is 0 Å². The number of nitrogens with zero attached hydrogens (tertiary/aromatic N) is 10. The summed E-state index contributed by atoms with van der Waals surface area (Å²) in [6, 6.07) is 5.90. The van der Waals surface area contributed by atoms with Crippen LogP contribution in [0.1, 0.15) is 56.0 Å². The van der Waals surface area contributed by atoms with Crippen LogP contribution in [0.4, 0.5) is 82.8 Å². The lowest BCUT2D eigenvalue weighted by molar-refractivity contribution is -0.141. The average molecular weight is 1350 g/mol. The van der Waals surface area contributed by atoms with Crippen LogP contribution in [0.3, 0.4) is 0 Å². The molecule has 504 valence electrons. The van der Waals surface area contributed by atoms with Gasteiger partial charge < -0.3 is 49.0 Å². The third kappa shape index (κ3) is 11.3. The zero-order valence-electron chi connectivity index (χ0n) is 50.6. The number of amides is 6. The monoisotopic (exact) mass is 1350 g/mol. The van der Waals surface area contributed by atoms with E-state index in [1.807, 2.05) is 0 Å². The van der Waals surface area contributed by atoms with E-state index in [-0.39, 0.29) is 44.6 Å². The van der Waals surface area contributed by atoms with Gasteiger partial charge in [-0.25, -0.2) is 23.7 Å². The third-order valence-corrected chi connectivity index (χ3v) is 17.8. The number of carbonyl (C=O) groups excluding carboxylic acids is 6. The van der Waals surface area contributed by atoms with Crippen LogP contribution in [-0.2, 0) is 84.3 Å². The van der Waals surface area contributed by atoms with Gasteiger partial charge in [-0.3, -0.25) is 43.5 Å². The number of hydrogen-bond donors (Lipinski definition) is 4. The Labute approximate surface area is 534 Å². The maximum Gasteiger partial charge on any atom is 0.420 e. The van der Waals surface area contributed by atoms with E-state index in [4.69, 9.17) is 9.47 Å². The van der Waals surface area contributed by atoms with Gasteiger partial charge in [-0.05, 0) is 135 Å². The Bertz CT molecular complexity index is 4420. The minimum atomic E-state index is -5.65. The summed E-state index contributed by atoms with van der Waals surface area (Å²) in [6.07, 6.45) is -26.6. The number of rotatable bonds is 14. The van der Waals surface area contributed by atoms with Crippen molar-refractivity contribution in [3.05, 3.63) is 159 Å². The Hall–Kier alpha value is -9.70. The number of anilines is 6. The molecule has 8 heterocycles. The van der Waals surface area contributed by atoms with Crippen molar-refractivity contribution in [2.45, 2.75) is 119 Å². The smallest absolute Gasteiger partial charge is 0.420 e. The molecular formula is C63H53F11N10O12. The molecule has 4 N–H and O–H groups in total. The molecule has 6 amide bonds. The van der Waals surface area contributed by atoms with Crippen LogP contribution in [0.5, 0.6) is 5.75 Å². The van der Waals surface area contributed by atoms with Crippen LogP contribution in [-0.4, -0.2) is 151 Å². The first kappa shape index (κ1) is 66.3. The second-order valence-electron chi connectivity index (χ2n) is 23.7. The number of aliphatic hydroxyl groups is 4. The molecule has 0 radical (unpaired) electrons. The van der Waals surface area contributed by atoms with E-state index in [1.54, 1.807) is 28.8 Å². The Morgan fingerprint density at radius 1 is 0.594 bits per heavy atom. The van der Waals surface area contributed by atoms with Gasteiger partial charge in [0.25, 0.3) is 35.4 Å². The van der Waals surface area contributed by atoms with Gasteiger partial charge in [0.1, 0.15) is 71.1 Å². The maximum atomic E-state index is 15.9. The van der Waals surface area contributed by atoms with Crippen molar-refractivity contribution in [1.29, 1.82) is 0 Å². The van der Waals surface area contributed by atoms with Gasteiger partial charge >= 0.3 is 18.5 Å². The molecular weight excluding hydrogens is 1300 g/mol. The quantitative estimate of drug-likeness (QED) is 0.0926. The second kappa shape index (κ2) is 23.9. The first-order valence-corrected chi connectivity index (χ1v) is 29.3. The molecule has 0 bridgehead atoms. The van der Waals surface area contributed by atoms with Gasteiger partial charge in [-0.1, -0.05) is 6.07 Å². The molecule has 7 aromatic rings. The molecule has 3 fully saturated rings. The van der Waals surface area contributed by atoms with Gasteiger partial charge in [0.2, 0.25) is 6.10 Å². The zero-order valence-corrected chi connectivity index (χ0v) is 50.6. The number of aromatic nitrogens is 4. The van der Waals surface area contributed by atoms with Crippen molar-refractivity contribution >= 4 is 75.5 Å². The normalized spacial score (nSPS) is 22.5. The lowest BCUT2D eigenvalue weighted by Gasteiger charge is -2.31. The highest BCUT2D eigenvalue weighted by Gasteiger charge is 2.58. The van der Waals surface area contributed by atoms with Gasteiger partial charge in [0.15, 0.2) is 18.0 Å². The molecule has 5 aromatic heterocycles. The minimum Gasteiger partial charge on any atom is -0.475 e. The maximum absolute atomic E-state index is 15.9. The molecule has 33 heteroatoms. The molecule has 9 unspecified atom stereocenters. The summed E-state index contributed by atoms with van der Waals surface area (Å²) < 4.78 is 180. The van der Waals surface area contributed by atoms with Crippen molar-refractivity contribution < 1.29 is 107 Å². The highest BCUT2D eigenvalue weighted by molar-refractivity contribution is 6.13. The number of benzene rings is 2. The van der Waals surface area contributed by atoms with E-state index in [2.05, 4.69) is 15.0 Å². The summed E-state index contributed by atoms with van der Waals surface area (Å²) in [5.74, 6) is -15.3. The van der Waals surface area contributed by atoms with Gasteiger partial charge in [-0.2, -0.15) is 39.5 Å². The number of aliphatic hydroxyl groups excluding tert-OH is 4. The van der Waals surface area contributed by atoms with Crippen molar-refractivity contribution in [2.24, 2.45) is 0 Å². The molecule has 12 rings (SSSR count). The van der Waals surface area contributed by atoms with Crippen LogP contribution >= 0.6 is 0 Å². The second-order valence-corrected chi connectivity index (χ2v) is 23.7. The average Bonchev–Trinajstić information content (AvgIpc) is 1.55. The SMILES string of the molecule is Cc1cc(C(F)(F)F)cc(N2C(=O)C(O)C(OCc3cc(C(F)(F)F)cc(N4C(=O)C(Oc5c(C(F)(F)F)cc(N6C(=O)C(O)C(O)C6C(=O)N(C)c6ccc7c(c6F)CC7)nc5C)C(O)C4C(=O)N(C)c4cc5c(cc4F)CC5)n3)C2C(=O)N(C)c2ccc3cccn3c2)n1. The molecule has 2 aromatic carbocycles. The van der Waals surface area contributed by atoms with Crippen molar-refractivity contribution in [1.82, 2.24) is 19.4 Å². The lowest BCUT2D eigenvalue weighted by atomic mass is 9.87. The zero-order chi connectivity index (χ0) is 69.4. The fraction of sp³-hybridized carbons (Fsp3) is 0.349. The largest absolute Gasteiger partial charge is 0.475 e. The molecule has 3 saturated heterocycles. The fourth-order valence-electron chi connectivity index (χ4n) is 12.5. The van der Waals surface area contributed by atoms with E-state index in [1.165, 1.54) is 37.5 Å². The summed E-state index contributed by atoms with van der Waals surface area (Å²) in [5.41, 5.74) is -5.36.